The predicted molar refractivity (Wildman–Crippen MR) is 117 cm³/mol. The zero-order valence-corrected chi connectivity index (χ0v) is 17.8. The van der Waals surface area contributed by atoms with Crippen molar-refractivity contribution in [2.24, 2.45) is 0 Å². The Morgan fingerprint density at radius 2 is 1.79 bits per heavy atom. The van der Waals surface area contributed by atoms with Crippen LogP contribution in [-0.2, 0) is 10.0 Å². The lowest BCUT2D eigenvalue weighted by Gasteiger charge is -2.20. The number of sulfonamides is 1. The normalized spacial score (nSPS) is 12.3. The van der Waals surface area contributed by atoms with E-state index in [0.29, 0.717) is 10.6 Å². The standard InChI is InChI=1S/C21H23N3O3S2/c1-15-10-11-19(16(2)13-15)29(26,27)22-14-18(17-7-4-3-5-8-17)23-21(25)24-20-9-6-12-28-20/h3-13,18,22H,14H2,1-2H3,(H2,23,24,25). The van der Waals surface area contributed by atoms with Gasteiger partial charge in [-0.05, 0) is 48.6 Å². The zero-order valence-electron chi connectivity index (χ0n) is 16.2. The van der Waals surface area contributed by atoms with Crippen molar-refractivity contribution in [3.05, 3.63) is 82.7 Å². The summed E-state index contributed by atoms with van der Waals surface area (Å²) in [7, 11) is -3.72. The number of benzene rings is 2. The Balaban J connectivity index is 1.75. The molecule has 152 valence electrons. The molecule has 3 N–H and O–H groups in total. The summed E-state index contributed by atoms with van der Waals surface area (Å²) in [5, 5.41) is 8.18. The molecule has 0 radical (unpaired) electrons. The van der Waals surface area contributed by atoms with Crippen molar-refractivity contribution < 1.29 is 13.2 Å². The van der Waals surface area contributed by atoms with E-state index in [2.05, 4.69) is 15.4 Å². The maximum Gasteiger partial charge on any atom is 0.320 e. The molecule has 2 aromatic carbocycles. The summed E-state index contributed by atoms with van der Waals surface area (Å²) in [5.41, 5.74) is 2.48. The van der Waals surface area contributed by atoms with Crippen molar-refractivity contribution in [3.63, 3.8) is 0 Å². The second-order valence-electron chi connectivity index (χ2n) is 6.66. The number of thiophene rings is 1. The number of amides is 2. The Morgan fingerprint density at radius 3 is 2.45 bits per heavy atom. The number of hydrogen-bond acceptors (Lipinski definition) is 4. The van der Waals surface area contributed by atoms with Crippen LogP contribution in [0.25, 0.3) is 0 Å². The number of carbonyl (C=O) groups excluding carboxylic acids is 1. The Bertz CT molecular complexity index is 1070. The van der Waals surface area contributed by atoms with E-state index < -0.39 is 22.1 Å². The molecule has 8 heteroatoms. The highest BCUT2D eigenvalue weighted by Gasteiger charge is 2.21. The van der Waals surface area contributed by atoms with E-state index in [1.54, 1.807) is 25.1 Å². The number of carbonyl (C=O) groups is 1. The fourth-order valence-electron chi connectivity index (χ4n) is 2.97. The molecule has 0 saturated heterocycles. The van der Waals surface area contributed by atoms with Gasteiger partial charge >= 0.3 is 6.03 Å². The fourth-order valence-corrected chi connectivity index (χ4v) is 4.85. The molecule has 3 aromatic rings. The number of urea groups is 1. The van der Waals surface area contributed by atoms with Crippen LogP contribution in [-0.4, -0.2) is 21.0 Å². The van der Waals surface area contributed by atoms with Crippen LogP contribution in [0.5, 0.6) is 0 Å². The van der Waals surface area contributed by atoms with Crippen molar-refractivity contribution in [1.82, 2.24) is 10.0 Å². The summed E-state index contributed by atoms with van der Waals surface area (Å²) < 4.78 is 28.2. The monoisotopic (exact) mass is 429 g/mol. The van der Waals surface area contributed by atoms with Gasteiger partial charge in [0.15, 0.2) is 0 Å². The number of aryl methyl sites for hydroxylation is 2. The van der Waals surface area contributed by atoms with Crippen molar-refractivity contribution in [2.75, 3.05) is 11.9 Å². The second kappa shape index (κ2) is 9.21. The lowest BCUT2D eigenvalue weighted by molar-refractivity contribution is 0.248. The van der Waals surface area contributed by atoms with Gasteiger partial charge in [0.2, 0.25) is 10.0 Å². The number of hydrogen-bond donors (Lipinski definition) is 3. The van der Waals surface area contributed by atoms with Crippen LogP contribution in [0, 0.1) is 13.8 Å². The third kappa shape index (κ3) is 5.66. The van der Waals surface area contributed by atoms with Crippen molar-refractivity contribution in [1.29, 1.82) is 0 Å². The summed E-state index contributed by atoms with van der Waals surface area (Å²) in [4.78, 5) is 12.6. The minimum atomic E-state index is -3.72. The minimum Gasteiger partial charge on any atom is -0.330 e. The van der Waals surface area contributed by atoms with E-state index in [0.717, 1.165) is 11.1 Å². The van der Waals surface area contributed by atoms with E-state index in [9.17, 15) is 13.2 Å². The highest BCUT2D eigenvalue weighted by Crippen LogP contribution is 2.19. The summed E-state index contributed by atoms with van der Waals surface area (Å²) in [6.07, 6.45) is 0. The lowest BCUT2D eigenvalue weighted by Crippen LogP contribution is -2.39. The number of anilines is 1. The van der Waals surface area contributed by atoms with Gasteiger partial charge in [0.1, 0.15) is 0 Å². The molecule has 0 spiro atoms. The maximum absolute atomic E-state index is 12.8. The van der Waals surface area contributed by atoms with Gasteiger partial charge in [-0.3, -0.25) is 5.32 Å². The van der Waals surface area contributed by atoms with E-state index in [1.165, 1.54) is 11.3 Å². The maximum atomic E-state index is 12.8. The van der Waals surface area contributed by atoms with Crippen molar-refractivity contribution in [2.45, 2.75) is 24.8 Å². The van der Waals surface area contributed by atoms with Crippen molar-refractivity contribution >= 4 is 32.4 Å². The molecule has 1 atom stereocenters. The highest BCUT2D eigenvalue weighted by atomic mass is 32.2. The van der Waals surface area contributed by atoms with Crippen molar-refractivity contribution in [3.8, 4) is 0 Å². The van der Waals surface area contributed by atoms with E-state index in [-0.39, 0.29) is 11.4 Å². The highest BCUT2D eigenvalue weighted by molar-refractivity contribution is 7.89. The van der Waals surface area contributed by atoms with Gasteiger partial charge in [-0.25, -0.2) is 17.9 Å². The van der Waals surface area contributed by atoms with Gasteiger partial charge in [0.05, 0.1) is 15.9 Å². The van der Waals surface area contributed by atoms with Gasteiger partial charge in [-0.1, -0.05) is 48.0 Å². The molecule has 0 saturated carbocycles. The van der Waals surface area contributed by atoms with Crippen LogP contribution < -0.4 is 15.4 Å². The first-order chi connectivity index (χ1) is 13.8. The van der Waals surface area contributed by atoms with Crippen LogP contribution >= 0.6 is 11.3 Å². The molecule has 0 aliphatic heterocycles. The molecule has 1 unspecified atom stereocenters. The number of nitrogens with one attached hydrogen (secondary N) is 3. The Labute approximate surface area is 175 Å². The molecule has 1 heterocycles. The molecule has 0 bridgehead atoms. The third-order valence-electron chi connectivity index (χ3n) is 4.36. The van der Waals surface area contributed by atoms with Crippen LogP contribution in [0.4, 0.5) is 9.80 Å². The van der Waals surface area contributed by atoms with Gasteiger partial charge in [-0.2, -0.15) is 0 Å². The van der Waals surface area contributed by atoms with Gasteiger partial charge in [0.25, 0.3) is 0 Å². The van der Waals surface area contributed by atoms with Gasteiger partial charge in [0, 0.05) is 6.54 Å². The first kappa shape index (κ1) is 21.0. The van der Waals surface area contributed by atoms with Crippen LogP contribution in [0.3, 0.4) is 0 Å². The van der Waals surface area contributed by atoms with Crippen LogP contribution in [0.2, 0.25) is 0 Å². The molecule has 29 heavy (non-hydrogen) atoms. The summed E-state index contributed by atoms with van der Waals surface area (Å²) >= 11 is 1.41. The minimum absolute atomic E-state index is 0.0253. The summed E-state index contributed by atoms with van der Waals surface area (Å²) in [5.74, 6) is 0. The first-order valence-electron chi connectivity index (χ1n) is 9.08. The van der Waals surface area contributed by atoms with E-state index >= 15 is 0 Å². The topological polar surface area (TPSA) is 87.3 Å². The van der Waals surface area contributed by atoms with Crippen LogP contribution in [0.1, 0.15) is 22.7 Å². The van der Waals surface area contributed by atoms with Crippen LogP contribution in [0.15, 0.2) is 70.9 Å². The molecule has 1 aromatic heterocycles. The zero-order chi connectivity index (χ0) is 20.9. The van der Waals surface area contributed by atoms with Gasteiger partial charge in [-0.15, -0.1) is 11.3 Å². The second-order valence-corrected chi connectivity index (χ2v) is 9.34. The predicted octanol–water partition coefficient (Wildman–Crippen LogP) is 4.21. The Morgan fingerprint density at radius 1 is 1.03 bits per heavy atom. The molecule has 6 nitrogen and oxygen atoms in total. The third-order valence-corrected chi connectivity index (χ3v) is 6.73. The van der Waals surface area contributed by atoms with E-state index in [1.807, 2.05) is 54.8 Å². The SMILES string of the molecule is Cc1ccc(S(=O)(=O)NCC(NC(=O)Nc2cccs2)c2ccccc2)c(C)c1. The molecule has 3 rings (SSSR count). The largest absolute Gasteiger partial charge is 0.330 e. The summed E-state index contributed by atoms with van der Waals surface area (Å²) in [6, 6.07) is 17.2. The molecule has 2 amide bonds. The summed E-state index contributed by atoms with van der Waals surface area (Å²) in [6.45, 7) is 3.71. The lowest BCUT2D eigenvalue weighted by atomic mass is 10.1. The molecular formula is C21H23N3O3S2. The van der Waals surface area contributed by atoms with E-state index in [4.69, 9.17) is 0 Å². The van der Waals surface area contributed by atoms with Gasteiger partial charge < -0.3 is 5.32 Å². The quantitative estimate of drug-likeness (QED) is 0.526. The average Bonchev–Trinajstić information content (AvgIpc) is 3.18. The molecule has 0 aliphatic carbocycles. The molecular weight excluding hydrogens is 406 g/mol. The number of rotatable bonds is 7. The smallest absolute Gasteiger partial charge is 0.320 e. The Hall–Kier alpha value is -2.68. The fraction of sp³-hybridized carbons (Fsp3) is 0.190. The average molecular weight is 430 g/mol. The molecule has 0 fully saturated rings. The first-order valence-corrected chi connectivity index (χ1v) is 11.4. The Kier molecular flexibility index (Phi) is 6.68. The molecule has 0 aliphatic rings.